The van der Waals surface area contributed by atoms with E-state index in [0.29, 0.717) is 6.42 Å². The van der Waals surface area contributed by atoms with E-state index < -0.39 is 17.2 Å². The van der Waals surface area contributed by atoms with Crippen molar-refractivity contribution in [2.75, 3.05) is 5.32 Å². The molecule has 1 rings (SSSR count). The van der Waals surface area contributed by atoms with Crippen molar-refractivity contribution in [3.63, 3.8) is 0 Å². The van der Waals surface area contributed by atoms with Crippen LogP contribution in [0, 0.1) is 5.41 Å². The van der Waals surface area contributed by atoms with Crippen LogP contribution in [-0.4, -0.2) is 12.0 Å². The Hall–Kier alpha value is -1.98. The van der Waals surface area contributed by atoms with Crippen molar-refractivity contribution in [2.45, 2.75) is 46.4 Å². The van der Waals surface area contributed by atoms with E-state index in [1.165, 1.54) is 12.1 Å². The third-order valence-electron chi connectivity index (χ3n) is 3.17. The fourth-order valence-corrected chi connectivity index (χ4v) is 1.94. The molecule has 0 aliphatic rings. The van der Waals surface area contributed by atoms with Crippen LogP contribution in [0.4, 0.5) is 18.9 Å². The Labute approximate surface area is 134 Å². The second-order valence-electron chi connectivity index (χ2n) is 6.21. The van der Waals surface area contributed by atoms with E-state index in [4.69, 9.17) is 4.74 Å². The smallest absolute Gasteiger partial charge is 0.420 e. The molecule has 1 N–H and O–H groups in total. The Morgan fingerprint density at radius 2 is 1.96 bits per heavy atom. The van der Waals surface area contributed by atoms with E-state index in [2.05, 4.69) is 11.9 Å². The molecule has 0 heterocycles. The summed E-state index contributed by atoms with van der Waals surface area (Å²) < 4.78 is 44.7. The molecule has 1 aromatic carbocycles. The van der Waals surface area contributed by atoms with Gasteiger partial charge in [0.2, 0.25) is 5.91 Å². The summed E-state index contributed by atoms with van der Waals surface area (Å²) in [5, 5.41) is 2.52. The lowest BCUT2D eigenvalue weighted by Gasteiger charge is -2.23. The summed E-state index contributed by atoms with van der Waals surface area (Å²) in [5.41, 5.74) is -1.59. The molecule has 3 nitrogen and oxygen atoms in total. The molecule has 0 aromatic heterocycles. The van der Waals surface area contributed by atoms with E-state index in [-0.39, 0.29) is 23.4 Å². The van der Waals surface area contributed by atoms with Crippen molar-refractivity contribution in [2.24, 2.45) is 5.41 Å². The van der Waals surface area contributed by atoms with Gasteiger partial charge >= 0.3 is 6.18 Å². The van der Waals surface area contributed by atoms with Gasteiger partial charge in [-0.05, 0) is 38.5 Å². The molecule has 6 heteroatoms. The monoisotopic (exact) mass is 329 g/mol. The molecule has 23 heavy (non-hydrogen) atoms. The highest BCUT2D eigenvalue weighted by molar-refractivity contribution is 5.95. The number of hydrogen-bond donors (Lipinski definition) is 1. The third-order valence-corrected chi connectivity index (χ3v) is 3.17. The van der Waals surface area contributed by atoms with Crippen LogP contribution in [0.1, 0.15) is 39.7 Å². The molecule has 0 bridgehead atoms. The first-order chi connectivity index (χ1) is 10.5. The maximum Gasteiger partial charge on any atom is 0.420 e. The standard InChI is InChI=1S/C17H22F3NO2/c1-6-9-16(4,5)15(22)21-12-7-8-14(23-11(2)3)13(10-12)17(18,19)20/h6-8,10-11H,1,9H2,2-5H3,(H,21,22). The van der Waals surface area contributed by atoms with Crippen LogP contribution in [0.15, 0.2) is 30.9 Å². The third kappa shape index (κ3) is 5.30. The Kier molecular flexibility index (Phi) is 5.86. The number of hydrogen-bond acceptors (Lipinski definition) is 2. The number of nitrogens with one attached hydrogen (secondary N) is 1. The van der Waals surface area contributed by atoms with Crippen LogP contribution < -0.4 is 10.1 Å². The summed E-state index contributed by atoms with van der Waals surface area (Å²) >= 11 is 0. The quantitative estimate of drug-likeness (QED) is 0.743. The number of halogens is 3. The number of ether oxygens (including phenoxy) is 1. The van der Waals surface area contributed by atoms with Crippen molar-refractivity contribution >= 4 is 11.6 Å². The van der Waals surface area contributed by atoms with Crippen LogP contribution in [0.2, 0.25) is 0 Å². The van der Waals surface area contributed by atoms with Crippen molar-refractivity contribution in [3.8, 4) is 5.75 Å². The lowest BCUT2D eigenvalue weighted by atomic mass is 9.88. The predicted molar refractivity (Wildman–Crippen MR) is 84.4 cm³/mol. The maximum absolute atomic E-state index is 13.2. The molecule has 0 unspecified atom stereocenters. The molecule has 0 spiro atoms. The Morgan fingerprint density at radius 3 is 2.43 bits per heavy atom. The lowest BCUT2D eigenvalue weighted by Crippen LogP contribution is -2.30. The number of allylic oxidation sites excluding steroid dienone is 1. The summed E-state index contributed by atoms with van der Waals surface area (Å²) in [7, 11) is 0. The SMILES string of the molecule is C=CCC(C)(C)C(=O)Nc1ccc(OC(C)C)c(C(F)(F)F)c1. The first kappa shape index (κ1) is 19.1. The highest BCUT2D eigenvalue weighted by Gasteiger charge is 2.35. The minimum atomic E-state index is -4.57. The zero-order chi connectivity index (χ0) is 17.8. The largest absolute Gasteiger partial charge is 0.490 e. The van der Waals surface area contributed by atoms with Gasteiger partial charge in [-0.2, -0.15) is 13.2 Å². The highest BCUT2D eigenvalue weighted by atomic mass is 19.4. The van der Waals surface area contributed by atoms with Gasteiger partial charge in [0.1, 0.15) is 5.75 Å². The van der Waals surface area contributed by atoms with E-state index in [0.717, 1.165) is 6.07 Å². The number of rotatable bonds is 6. The highest BCUT2D eigenvalue weighted by Crippen LogP contribution is 2.38. The zero-order valence-corrected chi connectivity index (χ0v) is 13.8. The molecule has 0 radical (unpaired) electrons. The van der Waals surface area contributed by atoms with Gasteiger partial charge in [0.05, 0.1) is 11.7 Å². The van der Waals surface area contributed by atoms with Crippen molar-refractivity contribution in [1.82, 2.24) is 0 Å². The Balaban J connectivity index is 3.11. The summed E-state index contributed by atoms with van der Waals surface area (Å²) in [6, 6.07) is 3.51. The van der Waals surface area contributed by atoms with Gasteiger partial charge in [-0.3, -0.25) is 4.79 Å². The van der Waals surface area contributed by atoms with Crippen molar-refractivity contribution in [3.05, 3.63) is 36.4 Å². The summed E-state index contributed by atoms with van der Waals surface area (Å²) in [6.07, 6.45) is -2.94. The number of benzene rings is 1. The van der Waals surface area contributed by atoms with E-state index >= 15 is 0 Å². The molecule has 1 aromatic rings. The van der Waals surface area contributed by atoms with Crippen LogP contribution in [-0.2, 0) is 11.0 Å². The second kappa shape index (κ2) is 7.06. The van der Waals surface area contributed by atoms with Crippen molar-refractivity contribution < 1.29 is 22.7 Å². The molecule has 1 amide bonds. The van der Waals surface area contributed by atoms with Gasteiger partial charge in [-0.15, -0.1) is 6.58 Å². The number of carbonyl (C=O) groups excluding carboxylic acids is 1. The van der Waals surface area contributed by atoms with Gasteiger partial charge in [0.25, 0.3) is 0 Å². The molecule has 0 atom stereocenters. The van der Waals surface area contributed by atoms with Crippen LogP contribution in [0.25, 0.3) is 0 Å². The molecule has 0 aliphatic heterocycles. The predicted octanol–water partition coefficient (Wildman–Crippen LogP) is 5.03. The van der Waals surface area contributed by atoms with Crippen LogP contribution in [0.3, 0.4) is 0 Å². The van der Waals surface area contributed by atoms with Gasteiger partial charge in [-0.1, -0.05) is 19.9 Å². The van der Waals surface area contributed by atoms with Gasteiger partial charge < -0.3 is 10.1 Å². The van der Waals surface area contributed by atoms with E-state index in [1.54, 1.807) is 33.8 Å². The molecule has 128 valence electrons. The van der Waals surface area contributed by atoms with E-state index in [9.17, 15) is 18.0 Å². The van der Waals surface area contributed by atoms with Gasteiger partial charge in [-0.25, -0.2) is 0 Å². The zero-order valence-electron chi connectivity index (χ0n) is 13.8. The number of alkyl halides is 3. The number of carbonyl (C=O) groups is 1. The number of amides is 1. The minimum Gasteiger partial charge on any atom is -0.490 e. The lowest BCUT2D eigenvalue weighted by molar-refractivity contribution is -0.139. The number of anilines is 1. The fraction of sp³-hybridized carbons (Fsp3) is 0.471. The summed E-state index contributed by atoms with van der Waals surface area (Å²) in [6.45, 7) is 10.3. The normalized spacial score (nSPS) is 12.2. The molecular formula is C17H22F3NO2. The average Bonchev–Trinajstić information content (AvgIpc) is 2.38. The Morgan fingerprint density at radius 1 is 1.35 bits per heavy atom. The van der Waals surface area contributed by atoms with E-state index in [1.807, 2.05) is 0 Å². The molecular weight excluding hydrogens is 307 g/mol. The van der Waals surface area contributed by atoms with Gasteiger partial charge in [0.15, 0.2) is 0 Å². The second-order valence-corrected chi connectivity index (χ2v) is 6.21. The van der Waals surface area contributed by atoms with Crippen LogP contribution >= 0.6 is 0 Å². The average molecular weight is 329 g/mol. The summed E-state index contributed by atoms with van der Waals surface area (Å²) in [5.74, 6) is -0.626. The molecule has 0 saturated carbocycles. The molecule has 0 saturated heterocycles. The fourth-order valence-electron chi connectivity index (χ4n) is 1.94. The molecule has 0 aliphatic carbocycles. The summed E-state index contributed by atoms with van der Waals surface area (Å²) in [4.78, 5) is 12.2. The minimum absolute atomic E-state index is 0.0792. The topological polar surface area (TPSA) is 38.3 Å². The van der Waals surface area contributed by atoms with Crippen LogP contribution in [0.5, 0.6) is 5.75 Å². The maximum atomic E-state index is 13.2. The van der Waals surface area contributed by atoms with Gasteiger partial charge in [0, 0.05) is 11.1 Å². The first-order valence-corrected chi connectivity index (χ1v) is 7.27. The first-order valence-electron chi connectivity index (χ1n) is 7.27. The van der Waals surface area contributed by atoms with Crippen molar-refractivity contribution in [1.29, 1.82) is 0 Å². The Bertz CT molecular complexity index is 578. The molecule has 0 fully saturated rings.